The van der Waals surface area contributed by atoms with E-state index in [1.54, 1.807) is 0 Å². The molecule has 0 aromatic rings. The SMILES string of the molecule is CCCCCCCCCCCC(=O)OC[C@H](COP(=O)(O)OC[C@H](O)COP(=O)(O)OC[C@@H](COC(=O)CCCCCCCCCCCC(C)C)OC(=O)CCCCCCCCCCCCCCCCC(C)C)OC(=O)CCCCCCCCC(C)C. The molecule has 19 heteroatoms. The normalized spacial score (nSPS) is 14.3. The molecule has 5 atom stereocenters. The molecule has 0 saturated heterocycles. The summed E-state index contributed by atoms with van der Waals surface area (Å²) in [5.74, 6) is 0.0739. The minimum absolute atomic E-state index is 0.102. The molecule has 3 N–H and O–H groups in total. The highest BCUT2D eigenvalue weighted by atomic mass is 31.2. The van der Waals surface area contributed by atoms with Crippen molar-refractivity contribution in [3.05, 3.63) is 0 Å². The number of ether oxygens (including phenoxy) is 4. The van der Waals surface area contributed by atoms with E-state index in [1.165, 1.54) is 148 Å². The van der Waals surface area contributed by atoms with Gasteiger partial charge in [0.2, 0.25) is 0 Å². The van der Waals surface area contributed by atoms with Gasteiger partial charge in [-0.15, -0.1) is 0 Å². The molecule has 87 heavy (non-hydrogen) atoms. The van der Waals surface area contributed by atoms with Crippen LogP contribution in [0, 0.1) is 17.8 Å². The molecular weight excluding hydrogens is 1150 g/mol. The number of carbonyl (C=O) groups excluding carboxylic acids is 4. The van der Waals surface area contributed by atoms with Gasteiger partial charge in [0, 0.05) is 25.7 Å². The highest BCUT2D eigenvalue weighted by molar-refractivity contribution is 7.47. The van der Waals surface area contributed by atoms with Crippen LogP contribution in [0.5, 0.6) is 0 Å². The van der Waals surface area contributed by atoms with Crippen molar-refractivity contribution in [1.29, 1.82) is 0 Å². The smallest absolute Gasteiger partial charge is 0.462 e. The molecule has 0 saturated carbocycles. The van der Waals surface area contributed by atoms with Crippen molar-refractivity contribution in [2.45, 2.75) is 356 Å². The van der Waals surface area contributed by atoms with Crippen molar-refractivity contribution >= 4 is 39.5 Å². The molecule has 0 fully saturated rings. The minimum Gasteiger partial charge on any atom is -0.462 e. The van der Waals surface area contributed by atoms with Gasteiger partial charge in [0.1, 0.15) is 19.3 Å². The summed E-state index contributed by atoms with van der Waals surface area (Å²) in [5, 5.41) is 10.6. The van der Waals surface area contributed by atoms with Crippen molar-refractivity contribution < 1.29 is 80.2 Å². The molecule has 516 valence electrons. The molecule has 0 heterocycles. The average Bonchev–Trinajstić information content (AvgIpc) is 3.68. The zero-order valence-corrected chi connectivity index (χ0v) is 58.3. The van der Waals surface area contributed by atoms with Crippen molar-refractivity contribution in [1.82, 2.24) is 0 Å². The molecule has 17 nitrogen and oxygen atoms in total. The third-order valence-electron chi connectivity index (χ3n) is 15.6. The van der Waals surface area contributed by atoms with Gasteiger partial charge in [-0.1, -0.05) is 286 Å². The quantitative estimate of drug-likeness (QED) is 0.0222. The largest absolute Gasteiger partial charge is 0.472 e. The van der Waals surface area contributed by atoms with Crippen LogP contribution in [-0.4, -0.2) is 96.7 Å². The van der Waals surface area contributed by atoms with Crippen LogP contribution in [0.25, 0.3) is 0 Å². The van der Waals surface area contributed by atoms with Gasteiger partial charge < -0.3 is 33.8 Å². The van der Waals surface area contributed by atoms with Gasteiger partial charge in [-0.05, 0) is 43.4 Å². The fourth-order valence-corrected chi connectivity index (χ4v) is 11.8. The van der Waals surface area contributed by atoms with Gasteiger partial charge in [-0.25, -0.2) is 9.13 Å². The summed E-state index contributed by atoms with van der Waals surface area (Å²) >= 11 is 0. The number of unbranched alkanes of at least 4 members (excludes halogenated alkanes) is 34. The Bertz CT molecular complexity index is 1720. The van der Waals surface area contributed by atoms with Crippen molar-refractivity contribution in [2.24, 2.45) is 17.8 Å². The molecule has 0 amide bonds. The number of hydrogen-bond donors (Lipinski definition) is 3. The number of phosphoric acid groups is 2. The molecule has 0 rings (SSSR count). The standard InChI is InChI=1S/C68H132O17P2/c1-8-9-10-11-12-20-27-35-42-49-65(70)78-56-64(85-68(73)52-45-38-31-30-34-41-48-61(6)7)58-83-87(76,77)81-54-62(69)53-80-86(74,75)82-57-63(55-79-66(71)50-43-36-28-24-19-22-26-33-40-47-60(4)5)84-67(72)51-44-37-29-23-18-16-14-13-15-17-21-25-32-39-46-59(2)3/h59-64,69H,8-58H2,1-7H3,(H,74,75)(H,76,77)/t62-,63-,64-/m1/s1. The third kappa shape index (κ3) is 62.6. The summed E-state index contributed by atoms with van der Waals surface area (Å²) in [6, 6.07) is 0. The van der Waals surface area contributed by atoms with Crippen LogP contribution in [0.1, 0.15) is 337 Å². The number of hydrogen-bond acceptors (Lipinski definition) is 15. The predicted octanol–water partition coefficient (Wildman–Crippen LogP) is 19.1. The molecule has 0 aliphatic rings. The molecule has 0 aromatic heterocycles. The maximum atomic E-state index is 13.0. The van der Waals surface area contributed by atoms with Crippen molar-refractivity contribution in [2.75, 3.05) is 39.6 Å². The second-order valence-electron chi connectivity index (χ2n) is 26.0. The van der Waals surface area contributed by atoms with E-state index in [0.717, 1.165) is 102 Å². The van der Waals surface area contributed by atoms with Crippen molar-refractivity contribution in [3.8, 4) is 0 Å². The van der Waals surface area contributed by atoms with Crippen LogP contribution in [0.4, 0.5) is 0 Å². The number of esters is 4. The summed E-state index contributed by atoms with van der Waals surface area (Å²) in [6.45, 7) is 11.7. The molecule has 0 radical (unpaired) electrons. The maximum absolute atomic E-state index is 13.0. The Balaban J connectivity index is 5.21. The van der Waals surface area contributed by atoms with E-state index in [9.17, 15) is 43.2 Å². The Labute approximate surface area is 530 Å². The van der Waals surface area contributed by atoms with Gasteiger partial charge in [0.25, 0.3) is 0 Å². The first-order chi connectivity index (χ1) is 41.7. The summed E-state index contributed by atoms with van der Waals surface area (Å²) < 4.78 is 68.1. The molecule has 0 aliphatic heterocycles. The zero-order valence-electron chi connectivity index (χ0n) is 56.5. The lowest BCUT2D eigenvalue weighted by atomic mass is 10.0. The second-order valence-corrected chi connectivity index (χ2v) is 28.9. The highest BCUT2D eigenvalue weighted by Crippen LogP contribution is 2.45. The topological polar surface area (TPSA) is 237 Å². The molecule has 0 aromatic carbocycles. The number of rotatable bonds is 66. The van der Waals surface area contributed by atoms with Crippen LogP contribution >= 0.6 is 15.6 Å². The van der Waals surface area contributed by atoms with Gasteiger partial charge >= 0.3 is 39.5 Å². The third-order valence-corrected chi connectivity index (χ3v) is 17.5. The van der Waals surface area contributed by atoms with E-state index in [-0.39, 0.29) is 25.7 Å². The van der Waals surface area contributed by atoms with Crippen LogP contribution in [0.15, 0.2) is 0 Å². The van der Waals surface area contributed by atoms with E-state index >= 15 is 0 Å². The van der Waals surface area contributed by atoms with Crippen LogP contribution < -0.4 is 0 Å². The van der Waals surface area contributed by atoms with E-state index in [2.05, 4.69) is 48.5 Å². The van der Waals surface area contributed by atoms with Gasteiger partial charge in [-0.2, -0.15) is 0 Å². The van der Waals surface area contributed by atoms with E-state index in [1.807, 2.05) is 0 Å². The van der Waals surface area contributed by atoms with Crippen LogP contribution in [0.3, 0.4) is 0 Å². The Morgan fingerprint density at radius 3 is 0.782 bits per heavy atom. The van der Waals surface area contributed by atoms with Gasteiger partial charge in [-0.3, -0.25) is 37.3 Å². The number of aliphatic hydroxyl groups excluding tert-OH is 1. The fraction of sp³-hybridized carbons (Fsp3) is 0.941. The minimum atomic E-state index is -4.95. The Morgan fingerprint density at radius 1 is 0.310 bits per heavy atom. The lowest BCUT2D eigenvalue weighted by Gasteiger charge is -2.21. The van der Waals surface area contributed by atoms with E-state index < -0.39 is 97.5 Å². The van der Waals surface area contributed by atoms with E-state index in [4.69, 9.17) is 37.0 Å². The average molecular weight is 1280 g/mol. The number of aliphatic hydroxyl groups is 1. The summed E-state index contributed by atoms with van der Waals surface area (Å²) in [7, 11) is -9.89. The van der Waals surface area contributed by atoms with Gasteiger partial charge in [0.15, 0.2) is 12.2 Å². The molecule has 2 unspecified atom stereocenters. The fourth-order valence-electron chi connectivity index (χ4n) is 10.2. The first-order valence-electron chi connectivity index (χ1n) is 35.3. The maximum Gasteiger partial charge on any atom is 0.472 e. The zero-order chi connectivity index (χ0) is 64.5. The summed E-state index contributed by atoms with van der Waals surface area (Å²) in [4.78, 5) is 72.3. The summed E-state index contributed by atoms with van der Waals surface area (Å²) in [5.41, 5.74) is 0. The number of carbonyl (C=O) groups is 4. The van der Waals surface area contributed by atoms with Gasteiger partial charge in [0.05, 0.1) is 26.4 Å². The Kier molecular flexibility index (Phi) is 57.8. The first kappa shape index (κ1) is 85.1. The predicted molar refractivity (Wildman–Crippen MR) is 349 cm³/mol. The molecule has 0 spiro atoms. The van der Waals surface area contributed by atoms with E-state index in [0.29, 0.717) is 31.6 Å². The lowest BCUT2D eigenvalue weighted by Crippen LogP contribution is -2.30. The molecule has 0 bridgehead atoms. The number of phosphoric ester groups is 2. The molecule has 0 aliphatic carbocycles. The van der Waals surface area contributed by atoms with Crippen LogP contribution in [-0.2, 0) is 65.4 Å². The van der Waals surface area contributed by atoms with Crippen molar-refractivity contribution in [3.63, 3.8) is 0 Å². The Hall–Kier alpha value is -1.94. The first-order valence-corrected chi connectivity index (χ1v) is 38.3. The summed E-state index contributed by atoms with van der Waals surface area (Å²) in [6.07, 6.45) is 41.9. The molecular formula is C68H132O17P2. The monoisotopic (exact) mass is 1280 g/mol. The highest BCUT2D eigenvalue weighted by Gasteiger charge is 2.30. The second kappa shape index (κ2) is 59.1. The lowest BCUT2D eigenvalue weighted by molar-refractivity contribution is -0.161. The van der Waals surface area contributed by atoms with Crippen LogP contribution in [0.2, 0.25) is 0 Å². The Morgan fingerprint density at radius 2 is 0.529 bits per heavy atom.